The molecule has 1 unspecified atom stereocenters. The minimum atomic E-state index is 0.0336. The van der Waals surface area contributed by atoms with Crippen LogP contribution < -0.4 is 5.73 Å². The molecule has 0 radical (unpaired) electrons. The van der Waals surface area contributed by atoms with Crippen molar-refractivity contribution < 1.29 is 0 Å². The van der Waals surface area contributed by atoms with Crippen LogP contribution in [-0.4, -0.2) is 9.97 Å². The number of imidazole rings is 1. The van der Waals surface area contributed by atoms with Gasteiger partial charge in [0.1, 0.15) is 10.4 Å². The molecule has 0 aliphatic carbocycles. The van der Waals surface area contributed by atoms with Crippen molar-refractivity contribution in [2.24, 2.45) is 5.73 Å². The van der Waals surface area contributed by atoms with Crippen molar-refractivity contribution in [2.45, 2.75) is 19.4 Å². The van der Waals surface area contributed by atoms with Crippen LogP contribution >= 0.6 is 15.9 Å². The van der Waals surface area contributed by atoms with Crippen molar-refractivity contribution in [1.82, 2.24) is 9.97 Å². The Labute approximate surface area is 68.2 Å². The smallest absolute Gasteiger partial charge is 0.123 e. The molecule has 4 heteroatoms. The second-order valence-electron chi connectivity index (χ2n) is 2.13. The summed E-state index contributed by atoms with van der Waals surface area (Å²) in [7, 11) is 0. The van der Waals surface area contributed by atoms with Gasteiger partial charge in [-0.2, -0.15) is 0 Å². The fourth-order valence-electron chi connectivity index (χ4n) is 0.695. The zero-order valence-electron chi connectivity index (χ0n) is 5.76. The molecule has 1 heterocycles. The Kier molecular flexibility index (Phi) is 2.45. The Morgan fingerprint density at radius 3 is 3.00 bits per heavy atom. The number of aromatic nitrogens is 2. The molecule has 10 heavy (non-hydrogen) atoms. The molecule has 1 aromatic heterocycles. The Hall–Kier alpha value is -0.350. The van der Waals surface area contributed by atoms with Gasteiger partial charge in [-0.25, -0.2) is 4.98 Å². The maximum absolute atomic E-state index is 5.69. The average molecular weight is 204 g/mol. The molecule has 0 fully saturated rings. The fourth-order valence-corrected chi connectivity index (χ4v) is 1.00. The first-order valence-corrected chi connectivity index (χ1v) is 3.99. The second kappa shape index (κ2) is 3.16. The van der Waals surface area contributed by atoms with Gasteiger partial charge in [-0.15, -0.1) is 0 Å². The molecule has 1 rings (SSSR count). The van der Waals surface area contributed by atoms with E-state index in [9.17, 15) is 0 Å². The summed E-state index contributed by atoms with van der Waals surface area (Å²) in [5.41, 5.74) is 5.69. The van der Waals surface area contributed by atoms with Crippen LogP contribution in [0.1, 0.15) is 25.2 Å². The van der Waals surface area contributed by atoms with Gasteiger partial charge in [-0.3, -0.25) is 0 Å². The summed E-state index contributed by atoms with van der Waals surface area (Å²) in [6.45, 7) is 2.03. The van der Waals surface area contributed by atoms with Gasteiger partial charge < -0.3 is 10.7 Å². The molecule has 1 atom stereocenters. The monoisotopic (exact) mass is 203 g/mol. The molecule has 0 spiro atoms. The largest absolute Gasteiger partial charge is 0.335 e. The van der Waals surface area contributed by atoms with Crippen LogP contribution in [0.2, 0.25) is 0 Å². The number of H-pyrrole nitrogens is 1. The quantitative estimate of drug-likeness (QED) is 0.768. The molecular formula is C6H10BrN3. The molecule has 0 aliphatic rings. The minimum Gasteiger partial charge on any atom is -0.335 e. The van der Waals surface area contributed by atoms with Gasteiger partial charge in [0.05, 0.1) is 12.2 Å². The van der Waals surface area contributed by atoms with E-state index in [-0.39, 0.29) is 6.04 Å². The molecule has 0 bridgehead atoms. The third-order valence-corrected chi connectivity index (χ3v) is 1.76. The SMILES string of the molecule is CCC(N)c1ncc(Br)[nH]1. The maximum atomic E-state index is 5.69. The molecule has 3 N–H and O–H groups in total. The van der Waals surface area contributed by atoms with Crippen LogP contribution in [0.15, 0.2) is 10.8 Å². The third kappa shape index (κ3) is 1.58. The lowest BCUT2D eigenvalue weighted by Crippen LogP contribution is -2.10. The highest BCUT2D eigenvalue weighted by Crippen LogP contribution is 2.12. The van der Waals surface area contributed by atoms with E-state index in [1.165, 1.54) is 0 Å². The molecule has 0 aromatic carbocycles. The number of nitrogens with one attached hydrogen (secondary N) is 1. The van der Waals surface area contributed by atoms with Gasteiger partial charge in [0.2, 0.25) is 0 Å². The Balaban J connectivity index is 2.74. The number of hydrogen-bond donors (Lipinski definition) is 2. The van der Waals surface area contributed by atoms with Crippen molar-refractivity contribution in [3.63, 3.8) is 0 Å². The highest BCUT2D eigenvalue weighted by Gasteiger charge is 2.05. The normalized spacial score (nSPS) is 13.5. The summed E-state index contributed by atoms with van der Waals surface area (Å²) in [6.07, 6.45) is 2.62. The Morgan fingerprint density at radius 1 is 1.90 bits per heavy atom. The van der Waals surface area contributed by atoms with E-state index in [0.29, 0.717) is 0 Å². The Bertz CT molecular complexity index is 209. The van der Waals surface area contributed by atoms with Gasteiger partial charge in [-0.05, 0) is 22.4 Å². The first-order valence-electron chi connectivity index (χ1n) is 3.20. The molecule has 0 saturated heterocycles. The van der Waals surface area contributed by atoms with Gasteiger partial charge in [0, 0.05) is 0 Å². The molecule has 0 saturated carbocycles. The lowest BCUT2D eigenvalue weighted by atomic mass is 10.2. The van der Waals surface area contributed by atoms with Crippen molar-refractivity contribution >= 4 is 15.9 Å². The first kappa shape index (κ1) is 7.75. The van der Waals surface area contributed by atoms with Crippen LogP contribution in [0.5, 0.6) is 0 Å². The molecule has 3 nitrogen and oxygen atoms in total. The summed E-state index contributed by atoms with van der Waals surface area (Å²) in [6, 6.07) is 0.0336. The van der Waals surface area contributed by atoms with Gasteiger partial charge >= 0.3 is 0 Å². The van der Waals surface area contributed by atoms with Crippen LogP contribution in [0, 0.1) is 0 Å². The lowest BCUT2D eigenvalue weighted by Gasteiger charge is -2.02. The number of hydrogen-bond acceptors (Lipinski definition) is 2. The second-order valence-corrected chi connectivity index (χ2v) is 2.99. The molecule has 56 valence electrons. The zero-order chi connectivity index (χ0) is 7.56. The van der Waals surface area contributed by atoms with E-state index in [1.54, 1.807) is 6.20 Å². The number of aromatic amines is 1. The first-order chi connectivity index (χ1) is 4.74. The average Bonchev–Trinajstić information content (AvgIpc) is 2.34. The predicted octanol–water partition coefficient (Wildman–Crippen LogP) is 1.58. The summed E-state index contributed by atoms with van der Waals surface area (Å²) in [4.78, 5) is 7.07. The molecule has 0 aliphatic heterocycles. The highest BCUT2D eigenvalue weighted by atomic mass is 79.9. The van der Waals surface area contributed by atoms with Crippen molar-refractivity contribution in [3.8, 4) is 0 Å². The van der Waals surface area contributed by atoms with Crippen molar-refractivity contribution in [2.75, 3.05) is 0 Å². The lowest BCUT2D eigenvalue weighted by molar-refractivity contribution is 0.657. The third-order valence-electron chi connectivity index (χ3n) is 1.36. The minimum absolute atomic E-state index is 0.0336. The van der Waals surface area contributed by atoms with Gasteiger partial charge in [-0.1, -0.05) is 6.92 Å². The van der Waals surface area contributed by atoms with Crippen LogP contribution in [0.25, 0.3) is 0 Å². The molecule has 0 amide bonds. The topological polar surface area (TPSA) is 54.7 Å². The summed E-state index contributed by atoms with van der Waals surface area (Å²) < 4.78 is 0.881. The zero-order valence-corrected chi connectivity index (χ0v) is 7.35. The number of nitrogens with two attached hydrogens (primary N) is 1. The van der Waals surface area contributed by atoms with E-state index in [4.69, 9.17) is 5.73 Å². The van der Waals surface area contributed by atoms with Crippen LogP contribution in [0.3, 0.4) is 0 Å². The Morgan fingerprint density at radius 2 is 2.60 bits per heavy atom. The standard InChI is InChI=1S/C6H10BrN3/c1-2-4(8)6-9-3-5(7)10-6/h3-4H,2,8H2,1H3,(H,9,10). The van der Waals surface area contributed by atoms with Gasteiger partial charge in [0.15, 0.2) is 0 Å². The molecular weight excluding hydrogens is 194 g/mol. The number of nitrogens with zero attached hydrogens (tertiary/aromatic N) is 1. The van der Waals surface area contributed by atoms with Crippen LogP contribution in [0.4, 0.5) is 0 Å². The maximum Gasteiger partial charge on any atom is 0.123 e. The summed E-state index contributed by atoms with van der Waals surface area (Å²) in [5, 5.41) is 0. The number of rotatable bonds is 2. The van der Waals surface area contributed by atoms with E-state index in [2.05, 4.69) is 25.9 Å². The number of halogens is 1. The van der Waals surface area contributed by atoms with E-state index < -0.39 is 0 Å². The highest BCUT2D eigenvalue weighted by molar-refractivity contribution is 9.10. The van der Waals surface area contributed by atoms with E-state index in [0.717, 1.165) is 16.8 Å². The predicted molar refractivity (Wildman–Crippen MR) is 43.5 cm³/mol. The van der Waals surface area contributed by atoms with E-state index in [1.807, 2.05) is 6.92 Å². The fraction of sp³-hybridized carbons (Fsp3) is 0.500. The van der Waals surface area contributed by atoms with Crippen molar-refractivity contribution in [3.05, 3.63) is 16.6 Å². The van der Waals surface area contributed by atoms with Gasteiger partial charge in [0.25, 0.3) is 0 Å². The van der Waals surface area contributed by atoms with Crippen molar-refractivity contribution in [1.29, 1.82) is 0 Å². The molecule has 1 aromatic rings. The summed E-state index contributed by atoms with van der Waals surface area (Å²) in [5.74, 6) is 0.842. The van der Waals surface area contributed by atoms with E-state index >= 15 is 0 Å². The summed E-state index contributed by atoms with van der Waals surface area (Å²) >= 11 is 3.26. The van der Waals surface area contributed by atoms with Crippen LogP contribution in [-0.2, 0) is 0 Å².